The number of nitrogens with two attached hydrogens (primary N) is 1. The molecule has 0 amide bonds. The number of benzene rings is 3. The highest BCUT2D eigenvalue weighted by atomic mass is 32.2. The lowest BCUT2D eigenvalue weighted by Crippen LogP contribution is -2.47. The van der Waals surface area contributed by atoms with E-state index in [0.717, 1.165) is 42.6 Å². The van der Waals surface area contributed by atoms with E-state index in [1.54, 1.807) is 31.4 Å². The van der Waals surface area contributed by atoms with E-state index in [9.17, 15) is 13.5 Å². The van der Waals surface area contributed by atoms with Gasteiger partial charge in [0.1, 0.15) is 18.1 Å². The van der Waals surface area contributed by atoms with Crippen molar-refractivity contribution in [2.75, 3.05) is 20.2 Å². The zero-order chi connectivity index (χ0) is 27.7. The lowest BCUT2D eigenvalue weighted by Gasteiger charge is -2.32. The summed E-state index contributed by atoms with van der Waals surface area (Å²) >= 11 is 0. The van der Waals surface area contributed by atoms with E-state index >= 15 is 0 Å². The standard InChI is InChI=1S/C31H40N2O5S/c1-37-27-16-18-29(19-17-27)39(35,36)33(21-25-8-4-2-5-9-25)22-31(34)30(32)20-24-12-14-28(15-13-24)38-23-26-10-6-3-7-11-26/h3,6-7,10-19,25,30-31,34H,2,4-5,8-9,20-23,32H2,1H3/t30-,31+/m0/s1. The number of aliphatic hydroxyl groups is 1. The van der Waals surface area contributed by atoms with Gasteiger partial charge < -0.3 is 20.3 Å². The van der Waals surface area contributed by atoms with Crippen LogP contribution in [0, 0.1) is 5.92 Å². The van der Waals surface area contributed by atoms with E-state index in [1.807, 2.05) is 54.6 Å². The number of methoxy groups -OCH3 is 1. The summed E-state index contributed by atoms with van der Waals surface area (Å²) in [5.74, 6) is 1.62. The van der Waals surface area contributed by atoms with Crippen LogP contribution in [0.2, 0.25) is 0 Å². The second kappa shape index (κ2) is 13.9. The fourth-order valence-corrected chi connectivity index (χ4v) is 6.57. The first-order valence-electron chi connectivity index (χ1n) is 13.7. The van der Waals surface area contributed by atoms with Crippen molar-refractivity contribution < 1.29 is 23.0 Å². The molecule has 1 aliphatic rings. The Hall–Kier alpha value is -2.91. The first kappa shape index (κ1) is 29.1. The Balaban J connectivity index is 1.40. The van der Waals surface area contributed by atoms with Crippen LogP contribution in [0.25, 0.3) is 0 Å². The predicted molar refractivity (Wildman–Crippen MR) is 153 cm³/mol. The summed E-state index contributed by atoms with van der Waals surface area (Å²) in [5.41, 5.74) is 8.45. The van der Waals surface area contributed by atoms with E-state index in [1.165, 1.54) is 10.7 Å². The Morgan fingerprint density at radius 1 is 0.897 bits per heavy atom. The summed E-state index contributed by atoms with van der Waals surface area (Å²) < 4.78 is 39.8. The lowest BCUT2D eigenvalue weighted by atomic mass is 9.89. The summed E-state index contributed by atoms with van der Waals surface area (Å²) in [6.07, 6.45) is 4.79. The Morgan fingerprint density at radius 2 is 1.54 bits per heavy atom. The Morgan fingerprint density at radius 3 is 2.18 bits per heavy atom. The molecule has 210 valence electrons. The van der Waals surface area contributed by atoms with E-state index in [4.69, 9.17) is 15.2 Å². The number of rotatable bonds is 13. The minimum atomic E-state index is -3.82. The molecule has 4 rings (SSSR count). The smallest absolute Gasteiger partial charge is 0.243 e. The topological polar surface area (TPSA) is 102 Å². The van der Waals surface area contributed by atoms with Gasteiger partial charge >= 0.3 is 0 Å². The van der Waals surface area contributed by atoms with Crippen molar-refractivity contribution in [1.29, 1.82) is 0 Å². The summed E-state index contributed by atoms with van der Waals surface area (Å²) in [4.78, 5) is 0.186. The number of hydrogen-bond donors (Lipinski definition) is 2. The molecule has 1 fully saturated rings. The molecule has 0 aliphatic heterocycles. The van der Waals surface area contributed by atoms with Crippen LogP contribution in [0.5, 0.6) is 11.5 Å². The highest BCUT2D eigenvalue weighted by Crippen LogP contribution is 2.28. The van der Waals surface area contributed by atoms with Crippen LogP contribution in [0.4, 0.5) is 0 Å². The third-order valence-corrected chi connectivity index (χ3v) is 9.26. The zero-order valence-corrected chi connectivity index (χ0v) is 23.4. The predicted octanol–water partition coefficient (Wildman–Crippen LogP) is 4.78. The van der Waals surface area contributed by atoms with Gasteiger partial charge in [0.05, 0.1) is 18.1 Å². The molecule has 0 radical (unpaired) electrons. The molecular formula is C31H40N2O5S. The van der Waals surface area contributed by atoms with Crippen LogP contribution in [0.1, 0.15) is 43.2 Å². The molecule has 0 bridgehead atoms. The molecule has 0 heterocycles. The number of sulfonamides is 1. The number of nitrogens with zero attached hydrogens (tertiary/aromatic N) is 1. The van der Waals surface area contributed by atoms with Crippen LogP contribution < -0.4 is 15.2 Å². The molecule has 0 saturated heterocycles. The molecule has 3 aromatic carbocycles. The minimum Gasteiger partial charge on any atom is -0.497 e. The normalized spacial score (nSPS) is 16.1. The van der Waals surface area contributed by atoms with Crippen LogP contribution in [-0.2, 0) is 23.1 Å². The quantitative estimate of drug-likeness (QED) is 0.317. The van der Waals surface area contributed by atoms with Crippen molar-refractivity contribution in [3.63, 3.8) is 0 Å². The number of aliphatic hydroxyl groups excluding tert-OH is 1. The van der Waals surface area contributed by atoms with Crippen molar-refractivity contribution in [2.24, 2.45) is 11.7 Å². The summed E-state index contributed by atoms with van der Waals surface area (Å²) in [6.45, 7) is 0.813. The van der Waals surface area contributed by atoms with Crippen LogP contribution in [0.3, 0.4) is 0 Å². The van der Waals surface area contributed by atoms with E-state index in [0.29, 0.717) is 25.3 Å². The van der Waals surface area contributed by atoms with Crippen LogP contribution in [0.15, 0.2) is 83.8 Å². The molecule has 1 saturated carbocycles. The molecular weight excluding hydrogens is 512 g/mol. The van der Waals surface area contributed by atoms with Crippen molar-refractivity contribution in [3.8, 4) is 11.5 Å². The maximum atomic E-state index is 13.6. The van der Waals surface area contributed by atoms with Crippen LogP contribution in [-0.4, -0.2) is 50.2 Å². The van der Waals surface area contributed by atoms with Gasteiger partial charge in [-0.25, -0.2) is 8.42 Å². The number of ether oxygens (including phenoxy) is 2. The van der Waals surface area contributed by atoms with Gasteiger partial charge in [-0.05, 0) is 72.7 Å². The highest BCUT2D eigenvalue weighted by molar-refractivity contribution is 7.89. The molecule has 8 heteroatoms. The summed E-state index contributed by atoms with van der Waals surface area (Å²) in [5, 5.41) is 11.1. The molecule has 3 N–H and O–H groups in total. The second-order valence-corrected chi connectivity index (χ2v) is 12.3. The molecule has 7 nitrogen and oxygen atoms in total. The van der Waals surface area contributed by atoms with Gasteiger partial charge in [-0.3, -0.25) is 0 Å². The van der Waals surface area contributed by atoms with Gasteiger partial charge in [-0.15, -0.1) is 0 Å². The Bertz CT molecular complexity index is 1240. The summed E-state index contributed by atoms with van der Waals surface area (Å²) in [7, 11) is -2.27. The van der Waals surface area contributed by atoms with E-state index < -0.39 is 22.2 Å². The second-order valence-electron chi connectivity index (χ2n) is 10.4. The van der Waals surface area contributed by atoms with Gasteiger partial charge in [-0.1, -0.05) is 61.7 Å². The molecule has 3 aromatic rings. The van der Waals surface area contributed by atoms with Gasteiger partial charge in [0.15, 0.2) is 0 Å². The Kier molecular flexibility index (Phi) is 10.4. The maximum Gasteiger partial charge on any atom is 0.243 e. The van der Waals surface area contributed by atoms with Crippen molar-refractivity contribution in [1.82, 2.24) is 4.31 Å². The van der Waals surface area contributed by atoms with Crippen LogP contribution >= 0.6 is 0 Å². The summed E-state index contributed by atoms with van der Waals surface area (Å²) in [6, 6.07) is 23.4. The van der Waals surface area contributed by atoms with E-state index in [2.05, 4.69) is 0 Å². The monoisotopic (exact) mass is 552 g/mol. The fourth-order valence-electron chi connectivity index (χ4n) is 5.04. The third-order valence-electron chi connectivity index (χ3n) is 7.41. The lowest BCUT2D eigenvalue weighted by molar-refractivity contribution is 0.112. The van der Waals surface area contributed by atoms with Crippen molar-refractivity contribution in [3.05, 3.63) is 90.0 Å². The van der Waals surface area contributed by atoms with Gasteiger partial charge in [0, 0.05) is 19.1 Å². The maximum absolute atomic E-state index is 13.6. The molecule has 39 heavy (non-hydrogen) atoms. The van der Waals surface area contributed by atoms with Gasteiger partial charge in [0.2, 0.25) is 10.0 Å². The number of hydrogen-bond acceptors (Lipinski definition) is 6. The Labute approximate surface area is 232 Å². The molecule has 0 aromatic heterocycles. The average Bonchev–Trinajstić information content (AvgIpc) is 2.97. The van der Waals surface area contributed by atoms with E-state index in [-0.39, 0.29) is 17.4 Å². The first-order valence-corrected chi connectivity index (χ1v) is 15.1. The molecule has 0 unspecified atom stereocenters. The zero-order valence-electron chi connectivity index (χ0n) is 22.6. The molecule has 2 atom stereocenters. The van der Waals surface area contributed by atoms with Gasteiger partial charge in [0.25, 0.3) is 0 Å². The van der Waals surface area contributed by atoms with Gasteiger partial charge in [-0.2, -0.15) is 4.31 Å². The first-order chi connectivity index (χ1) is 18.8. The SMILES string of the molecule is COc1ccc(S(=O)(=O)N(CC2CCCCC2)C[C@@H](O)[C@@H](N)Cc2ccc(OCc3ccccc3)cc2)cc1. The molecule has 1 aliphatic carbocycles. The van der Waals surface area contributed by atoms with Crippen molar-refractivity contribution in [2.45, 2.75) is 62.2 Å². The fraction of sp³-hybridized carbons (Fsp3) is 0.419. The largest absolute Gasteiger partial charge is 0.497 e. The third kappa shape index (κ3) is 8.29. The minimum absolute atomic E-state index is 0.0513. The highest BCUT2D eigenvalue weighted by Gasteiger charge is 2.31. The molecule has 0 spiro atoms. The average molecular weight is 553 g/mol. The van der Waals surface area contributed by atoms with Crippen molar-refractivity contribution >= 4 is 10.0 Å².